The van der Waals surface area contributed by atoms with Gasteiger partial charge in [-0.3, -0.25) is 14.5 Å². The number of hydrogen-bond acceptors (Lipinski definition) is 4. The lowest BCUT2D eigenvalue weighted by atomic mass is 10.1. The molecule has 1 N–H and O–H groups in total. The number of halogens is 2. The number of carbonyl (C=O) groups is 2. The number of rotatable bonds is 5. The molecule has 1 atom stereocenters. The molecule has 33 heavy (non-hydrogen) atoms. The van der Waals surface area contributed by atoms with E-state index < -0.39 is 11.2 Å². The lowest BCUT2D eigenvalue weighted by Crippen LogP contribution is -2.30. The summed E-state index contributed by atoms with van der Waals surface area (Å²) in [6, 6.07) is 25.4. The number of para-hydroxylation sites is 1. The molecule has 0 bridgehead atoms. The molecule has 3 aromatic carbocycles. The number of benzene rings is 3. The van der Waals surface area contributed by atoms with Gasteiger partial charge in [-0.1, -0.05) is 69.6 Å². The van der Waals surface area contributed by atoms with E-state index in [0.717, 1.165) is 10.0 Å². The van der Waals surface area contributed by atoms with Crippen LogP contribution in [0.4, 0.5) is 11.4 Å². The first-order chi connectivity index (χ1) is 16.0. The molecule has 1 heterocycles. The van der Waals surface area contributed by atoms with Gasteiger partial charge in [0.1, 0.15) is 16.7 Å². The molecule has 1 unspecified atom stereocenters. The summed E-state index contributed by atoms with van der Waals surface area (Å²) in [6.45, 7) is 0. The largest absolute Gasteiger partial charge is 0.321 e. The molecule has 0 aromatic heterocycles. The maximum atomic E-state index is 13.4. The van der Waals surface area contributed by atoms with Crippen molar-refractivity contribution in [3.05, 3.63) is 105 Å². The lowest BCUT2D eigenvalue weighted by Gasteiger charge is -2.18. The first-order valence-electron chi connectivity index (χ1n) is 9.97. The van der Waals surface area contributed by atoms with E-state index >= 15 is 0 Å². The number of amides is 2. The first kappa shape index (κ1) is 23.1. The van der Waals surface area contributed by atoms with E-state index in [1.165, 1.54) is 16.7 Å². The van der Waals surface area contributed by atoms with Gasteiger partial charge in [-0.25, -0.2) is 0 Å². The highest BCUT2D eigenvalue weighted by molar-refractivity contribution is 9.10. The molecule has 164 valence electrons. The fraction of sp³-hybridized carbons (Fsp3) is 0.0800. The van der Waals surface area contributed by atoms with Crippen molar-refractivity contribution < 1.29 is 9.59 Å². The zero-order valence-corrected chi connectivity index (χ0v) is 20.3. The molecule has 1 fully saturated rings. The van der Waals surface area contributed by atoms with Crippen LogP contribution in [0.5, 0.6) is 0 Å². The molecule has 4 rings (SSSR count). The summed E-state index contributed by atoms with van der Waals surface area (Å²) in [5, 5.41) is 13.0. The highest BCUT2D eigenvalue weighted by Crippen LogP contribution is 2.42. The molecule has 1 aliphatic heterocycles. The second kappa shape index (κ2) is 10.3. The van der Waals surface area contributed by atoms with Crippen molar-refractivity contribution in [3.63, 3.8) is 0 Å². The Labute approximate surface area is 209 Å². The van der Waals surface area contributed by atoms with Gasteiger partial charge in [-0.15, -0.1) is 0 Å². The van der Waals surface area contributed by atoms with E-state index in [-0.39, 0.29) is 11.5 Å². The van der Waals surface area contributed by atoms with E-state index in [0.29, 0.717) is 27.8 Å². The van der Waals surface area contributed by atoms with Crippen LogP contribution in [0.15, 0.2) is 93.9 Å². The summed E-state index contributed by atoms with van der Waals surface area (Å²) in [7, 11) is 0. The Kier molecular flexibility index (Phi) is 7.19. The Balaban J connectivity index is 1.70. The minimum absolute atomic E-state index is 0.120. The number of carbonyl (C=O) groups excluding carboxylic acids is 2. The van der Waals surface area contributed by atoms with Gasteiger partial charge in [0.2, 0.25) is 5.91 Å². The minimum Gasteiger partial charge on any atom is -0.321 e. The summed E-state index contributed by atoms with van der Waals surface area (Å²) in [6.07, 6.45) is 0.473. The van der Waals surface area contributed by atoms with Crippen LogP contribution in [0.2, 0.25) is 5.02 Å². The highest BCUT2D eigenvalue weighted by atomic mass is 79.9. The summed E-state index contributed by atoms with van der Waals surface area (Å²) in [5.41, 5.74) is 1.98. The summed E-state index contributed by atoms with van der Waals surface area (Å²) in [5.74, 6) is -0.753. The fourth-order valence-corrected chi connectivity index (χ4v) is 5.06. The van der Waals surface area contributed by atoms with Gasteiger partial charge in [-0.05, 0) is 60.5 Å². The van der Waals surface area contributed by atoms with Gasteiger partial charge >= 0.3 is 0 Å². The van der Waals surface area contributed by atoms with E-state index in [9.17, 15) is 14.9 Å². The topological polar surface area (TPSA) is 73.2 Å². The Morgan fingerprint density at radius 2 is 1.73 bits per heavy atom. The second-order valence-corrected chi connectivity index (χ2v) is 9.74. The fourth-order valence-electron chi connectivity index (χ4n) is 3.36. The SMILES string of the molecule is N#C/C(C(=O)Nc1ccc(Cl)cc1)=C1/SC(Cc2ccc(Br)cc2)C(=O)N1c1ccccc1. The predicted molar refractivity (Wildman–Crippen MR) is 136 cm³/mol. The number of thioether (sulfide) groups is 1. The Morgan fingerprint density at radius 3 is 2.36 bits per heavy atom. The average Bonchev–Trinajstić information content (AvgIpc) is 3.13. The number of nitrogens with one attached hydrogen (secondary N) is 1. The number of anilines is 2. The van der Waals surface area contributed by atoms with Crippen LogP contribution in [-0.2, 0) is 16.0 Å². The summed E-state index contributed by atoms with van der Waals surface area (Å²) < 4.78 is 0.953. The Morgan fingerprint density at radius 1 is 1.06 bits per heavy atom. The first-order valence-corrected chi connectivity index (χ1v) is 12.0. The van der Waals surface area contributed by atoms with Gasteiger partial charge in [-0.2, -0.15) is 5.26 Å². The van der Waals surface area contributed by atoms with Gasteiger partial charge in [0.05, 0.1) is 5.25 Å². The van der Waals surface area contributed by atoms with Crippen molar-refractivity contribution in [2.24, 2.45) is 0 Å². The van der Waals surface area contributed by atoms with Crippen LogP contribution < -0.4 is 10.2 Å². The quantitative estimate of drug-likeness (QED) is 0.312. The number of nitriles is 1. The second-order valence-electron chi connectivity index (χ2n) is 7.20. The van der Waals surface area contributed by atoms with Crippen molar-refractivity contribution in [1.82, 2.24) is 0 Å². The van der Waals surface area contributed by atoms with Crippen LogP contribution in [-0.4, -0.2) is 17.1 Å². The third kappa shape index (κ3) is 5.31. The van der Waals surface area contributed by atoms with Crippen LogP contribution in [0.3, 0.4) is 0 Å². The van der Waals surface area contributed by atoms with Crippen molar-refractivity contribution in [3.8, 4) is 6.07 Å². The number of hydrogen-bond donors (Lipinski definition) is 1. The van der Waals surface area contributed by atoms with E-state index in [2.05, 4.69) is 21.2 Å². The predicted octanol–water partition coefficient (Wildman–Crippen LogP) is 6.17. The molecular formula is C25H17BrClN3O2S. The van der Waals surface area contributed by atoms with Gasteiger partial charge in [0, 0.05) is 20.9 Å². The van der Waals surface area contributed by atoms with E-state index in [1.54, 1.807) is 36.4 Å². The van der Waals surface area contributed by atoms with E-state index in [4.69, 9.17) is 11.6 Å². The van der Waals surface area contributed by atoms with Gasteiger partial charge in [0.15, 0.2) is 0 Å². The maximum absolute atomic E-state index is 13.4. The highest BCUT2D eigenvalue weighted by Gasteiger charge is 2.40. The molecule has 0 radical (unpaired) electrons. The molecule has 2 amide bonds. The summed E-state index contributed by atoms with van der Waals surface area (Å²) >= 11 is 10.6. The molecule has 1 saturated heterocycles. The zero-order valence-electron chi connectivity index (χ0n) is 17.2. The lowest BCUT2D eigenvalue weighted by molar-refractivity contribution is -0.117. The summed E-state index contributed by atoms with van der Waals surface area (Å²) in [4.78, 5) is 27.9. The maximum Gasteiger partial charge on any atom is 0.269 e. The zero-order chi connectivity index (χ0) is 23.4. The molecular weight excluding hydrogens is 522 g/mol. The third-order valence-corrected chi connectivity index (χ3v) is 7.00. The molecule has 3 aromatic rings. The smallest absolute Gasteiger partial charge is 0.269 e. The molecule has 8 heteroatoms. The van der Waals surface area contributed by atoms with Crippen LogP contribution in [0, 0.1) is 11.3 Å². The molecule has 5 nitrogen and oxygen atoms in total. The van der Waals surface area contributed by atoms with Gasteiger partial charge in [0.25, 0.3) is 5.91 Å². The van der Waals surface area contributed by atoms with Crippen LogP contribution in [0.25, 0.3) is 0 Å². The molecule has 1 aliphatic rings. The standard InChI is InChI=1S/C25H17BrClN3O2S/c26-17-8-6-16(7-9-17)14-22-24(32)30(20-4-2-1-3-5-20)25(33-22)21(15-28)23(31)29-19-12-10-18(27)11-13-19/h1-13,22H,14H2,(H,29,31)/b25-21-. The average molecular weight is 539 g/mol. The van der Waals surface area contributed by atoms with Gasteiger partial charge < -0.3 is 5.32 Å². The van der Waals surface area contributed by atoms with Crippen molar-refractivity contribution in [1.29, 1.82) is 5.26 Å². The number of nitrogens with zero attached hydrogens (tertiary/aromatic N) is 2. The monoisotopic (exact) mass is 537 g/mol. The minimum atomic E-state index is -0.583. The van der Waals surface area contributed by atoms with Crippen molar-refractivity contribution >= 4 is 62.5 Å². The normalized spacial score (nSPS) is 16.9. The van der Waals surface area contributed by atoms with Crippen LogP contribution in [0.1, 0.15) is 5.56 Å². The Bertz CT molecular complexity index is 1260. The van der Waals surface area contributed by atoms with Crippen LogP contribution >= 0.6 is 39.3 Å². The third-order valence-electron chi connectivity index (χ3n) is 4.96. The van der Waals surface area contributed by atoms with Crippen molar-refractivity contribution in [2.45, 2.75) is 11.7 Å². The molecule has 0 aliphatic carbocycles. The molecule has 0 saturated carbocycles. The van der Waals surface area contributed by atoms with E-state index in [1.807, 2.05) is 48.5 Å². The molecule has 0 spiro atoms. The Hall–Kier alpha value is -3.05. The van der Waals surface area contributed by atoms with Crippen molar-refractivity contribution in [2.75, 3.05) is 10.2 Å².